The number of fused-ring (bicyclic) bond motifs is 6. The first-order chi connectivity index (χ1) is 18.1. The van der Waals surface area contributed by atoms with Gasteiger partial charge in [-0.25, -0.2) is 4.79 Å². The average molecular weight is 491 g/mol. The molecule has 2 bridgehead atoms. The second-order valence-corrected chi connectivity index (χ2v) is 10.8. The lowest BCUT2D eigenvalue weighted by Gasteiger charge is -2.51. The average Bonchev–Trinajstić information content (AvgIpc) is 3.24. The first kappa shape index (κ1) is 22.5. The zero-order valence-corrected chi connectivity index (χ0v) is 20.7. The molecule has 1 amide bonds. The van der Waals surface area contributed by atoms with E-state index >= 15 is 0 Å². The zero-order chi connectivity index (χ0) is 25.0. The third-order valence-corrected chi connectivity index (χ3v) is 8.70. The van der Waals surface area contributed by atoms with Crippen molar-refractivity contribution in [1.82, 2.24) is 9.88 Å². The highest BCUT2D eigenvalue weighted by atomic mass is 16.6. The molecule has 5 nitrogen and oxygen atoms in total. The van der Waals surface area contributed by atoms with Crippen molar-refractivity contribution < 1.29 is 14.6 Å². The molecule has 0 saturated carbocycles. The monoisotopic (exact) mass is 490 g/mol. The third kappa shape index (κ3) is 3.72. The molecular formula is C32H30N2O3. The predicted molar refractivity (Wildman–Crippen MR) is 143 cm³/mol. The number of aromatic nitrogens is 1. The van der Waals surface area contributed by atoms with Gasteiger partial charge in [-0.15, -0.1) is 0 Å². The molecule has 1 aliphatic carbocycles. The Hall–Kier alpha value is -3.70. The number of pyridine rings is 1. The number of piperidine rings is 2. The van der Waals surface area contributed by atoms with Gasteiger partial charge < -0.3 is 14.7 Å². The molecule has 2 unspecified atom stereocenters. The molecule has 4 aromatic rings. The molecule has 0 radical (unpaired) electrons. The van der Waals surface area contributed by atoms with Crippen LogP contribution in [0.2, 0.25) is 0 Å². The first-order valence-electron chi connectivity index (χ1n) is 13.3. The summed E-state index contributed by atoms with van der Waals surface area (Å²) in [4.78, 5) is 19.9. The van der Waals surface area contributed by atoms with E-state index in [1.165, 1.54) is 22.3 Å². The minimum Gasteiger partial charge on any atom is -0.448 e. The largest absolute Gasteiger partial charge is 0.448 e. The minimum atomic E-state index is -0.958. The van der Waals surface area contributed by atoms with Crippen LogP contribution in [0.5, 0.6) is 0 Å². The van der Waals surface area contributed by atoms with Crippen molar-refractivity contribution in [2.75, 3.05) is 6.61 Å². The second kappa shape index (κ2) is 8.70. The molecule has 2 atom stereocenters. The van der Waals surface area contributed by atoms with Crippen LogP contribution in [0.25, 0.3) is 22.0 Å². The SMILES string of the molecule is O=C(OCC1c2ccccc2-c2ccccc21)N1C2CCCC1CC(O)(c1ccc3ncccc3c1)C2. The molecule has 1 N–H and O–H groups in total. The van der Waals surface area contributed by atoms with Crippen molar-refractivity contribution in [1.29, 1.82) is 0 Å². The Morgan fingerprint density at radius 3 is 2.30 bits per heavy atom. The Bertz CT molecular complexity index is 1440. The predicted octanol–water partition coefficient (Wildman–Crippen LogP) is 6.39. The molecule has 1 aromatic heterocycles. The Labute approximate surface area is 216 Å². The number of aliphatic hydroxyl groups is 1. The van der Waals surface area contributed by atoms with E-state index in [9.17, 15) is 9.90 Å². The molecule has 2 fully saturated rings. The quantitative estimate of drug-likeness (QED) is 0.362. The minimum absolute atomic E-state index is 0.0299. The maximum absolute atomic E-state index is 13.5. The highest BCUT2D eigenvalue weighted by molar-refractivity contribution is 5.80. The molecule has 37 heavy (non-hydrogen) atoms. The summed E-state index contributed by atoms with van der Waals surface area (Å²) in [6, 6.07) is 26.7. The smallest absolute Gasteiger partial charge is 0.410 e. The van der Waals surface area contributed by atoms with Gasteiger partial charge in [0.1, 0.15) is 6.61 Å². The second-order valence-electron chi connectivity index (χ2n) is 10.8. The molecule has 0 spiro atoms. The standard InChI is InChI=1S/C32H30N2O3/c35-31(37-20-29-27-12-3-1-10-25(27)26-11-2-4-13-28(26)29)34-23-8-5-9-24(34)19-32(36,18-23)22-14-15-30-21(17-22)7-6-16-33-30/h1-4,6-7,10-17,23-24,29,36H,5,8-9,18-20H2. The summed E-state index contributed by atoms with van der Waals surface area (Å²) in [5, 5.41) is 12.9. The Balaban J connectivity index is 1.11. The number of ether oxygens (including phenoxy) is 1. The van der Waals surface area contributed by atoms with Gasteiger partial charge in [-0.3, -0.25) is 4.98 Å². The lowest BCUT2D eigenvalue weighted by Crippen LogP contribution is -2.59. The lowest BCUT2D eigenvalue weighted by molar-refractivity contribution is -0.0890. The Morgan fingerprint density at radius 2 is 1.59 bits per heavy atom. The summed E-state index contributed by atoms with van der Waals surface area (Å²) < 4.78 is 6.04. The summed E-state index contributed by atoms with van der Waals surface area (Å²) in [7, 11) is 0. The van der Waals surface area contributed by atoms with Crippen molar-refractivity contribution >= 4 is 17.0 Å². The van der Waals surface area contributed by atoms with Crippen LogP contribution >= 0.6 is 0 Å². The van der Waals surface area contributed by atoms with Gasteiger partial charge in [0.2, 0.25) is 0 Å². The number of carbonyl (C=O) groups excluding carboxylic acids is 1. The molecule has 2 saturated heterocycles. The van der Waals surface area contributed by atoms with E-state index in [2.05, 4.69) is 59.6 Å². The molecule has 3 aromatic carbocycles. The maximum atomic E-state index is 13.5. The highest BCUT2D eigenvalue weighted by Crippen LogP contribution is 2.47. The van der Waals surface area contributed by atoms with Crippen molar-refractivity contribution in [2.24, 2.45) is 0 Å². The molecular weight excluding hydrogens is 460 g/mol. The Kier molecular flexibility index (Phi) is 5.29. The summed E-state index contributed by atoms with van der Waals surface area (Å²) in [5.74, 6) is 0.0455. The number of rotatable bonds is 3. The normalized spacial score (nSPS) is 24.5. The van der Waals surface area contributed by atoms with Crippen molar-refractivity contribution in [3.63, 3.8) is 0 Å². The number of amides is 1. The van der Waals surface area contributed by atoms with Crippen LogP contribution in [0.15, 0.2) is 85.1 Å². The van der Waals surface area contributed by atoms with Gasteiger partial charge in [-0.05, 0) is 65.3 Å². The highest BCUT2D eigenvalue weighted by Gasteiger charge is 2.49. The van der Waals surface area contributed by atoms with Gasteiger partial charge in [0.05, 0.1) is 11.1 Å². The first-order valence-corrected chi connectivity index (χ1v) is 13.3. The summed E-state index contributed by atoms with van der Waals surface area (Å²) in [6.45, 7) is 0.324. The molecule has 5 heteroatoms. The molecule has 7 rings (SSSR count). The van der Waals surface area contributed by atoms with Gasteiger partial charge in [-0.2, -0.15) is 0 Å². The summed E-state index contributed by atoms with van der Waals surface area (Å²) in [6.07, 6.45) is 5.44. The molecule has 3 heterocycles. The van der Waals surface area contributed by atoms with E-state index in [1.54, 1.807) is 6.20 Å². The van der Waals surface area contributed by atoms with Crippen LogP contribution in [-0.4, -0.2) is 39.8 Å². The summed E-state index contributed by atoms with van der Waals surface area (Å²) >= 11 is 0. The molecule has 2 aliphatic heterocycles. The maximum Gasteiger partial charge on any atom is 0.410 e. The fourth-order valence-electron chi connectivity index (χ4n) is 7.00. The van der Waals surface area contributed by atoms with Crippen LogP contribution in [0.4, 0.5) is 4.79 Å². The lowest BCUT2D eigenvalue weighted by atomic mass is 9.72. The number of hydrogen-bond donors (Lipinski definition) is 1. The third-order valence-electron chi connectivity index (χ3n) is 8.70. The van der Waals surface area contributed by atoms with Gasteiger partial charge in [0.25, 0.3) is 0 Å². The molecule has 3 aliphatic rings. The van der Waals surface area contributed by atoms with Crippen LogP contribution in [-0.2, 0) is 10.3 Å². The number of hydrogen-bond acceptors (Lipinski definition) is 4. The van der Waals surface area contributed by atoms with Crippen LogP contribution in [0.3, 0.4) is 0 Å². The summed E-state index contributed by atoms with van der Waals surface area (Å²) in [5.41, 5.74) is 5.77. The number of nitrogens with zero attached hydrogens (tertiary/aromatic N) is 2. The number of carbonyl (C=O) groups is 1. The van der Waals surface area contributed by atoms with Crippen LogP contribution in [0.1, 0.15) is 54.7 Å². The van der Waals surface area contributed by atoms with E-state index in [0.717, 1.165) is 35.7 Å². The van der Waals surface area contributed by atoms with E-state index in [-0.39, 0.29) is 24.1 Å². The zero-order valence-electron chi connectivity index (χ0n) is 20.7. The fraction of sp³-hybridized carbons (Fsp3) is 0.312. The van der Waals surface area contributed by atoms with Crippen molar-refractivity contribution in [3.8, 4) is 11.1 Å². The van der Waals surface area contributed by atoms with Gasteiger partial charge in [0, 0.05) is 42.4 Å². The number of benzene rings is 3. The van der Waals surface area contributed by atoms with E-state index in [0.29, 0.717) is 19.4 Å². The molecule has 186 valence electrons. The van der Waals surface area contributed by atoms with Crippen LogP contribution in [0, 0.1) is 0 Å². The van der Waals surface area contributed by atoms with Crippen molar-refractivity contribution in [3.05, 3.63) is 102 Å². The van der Waals surface area contributed by atoms with Crippen molar-refractivity contribution in [2.45, 2.75) is 55.7 Å². The topological polar surface area (TPSA) is 62.7 Å². The van der Waals surface area contributed by atoms with Gasteiger partial charge in [-0.1, -0.05) is 60.7 Å². The Morgan fingerprint density at radius 1 is 0.919 bits per heavy atom. The van der Waals surface area contributed by atoms with Crippen LogP contribution < -0.4 is 0 Å². The van der Waals surface area contributed by atoms with Gasteiger partial charge in [0.15, 0.2) is 0 Å². The fourth-order valence-corrected chi connectivity index (χ4v) is 7.00. The van der Waals surface area contributed by atoms with Gasteiger partial charge >= 0.3 is 6.09 Å². The van der Waals surface area contributed by atoms with E-state index in [1.807, 2.05) is 29.2 Å². The van der Waals surface area contributed by atoms with E-state index < -0.39 is 5.60 Å². The van der Waals surface area contributed by atoms with E-state index in [4.69, 9.17) is 4.74 Å².